The summed E-state index contributed by atoms with van der Waals surface area (Å²) in [6.45, 7) is 5.10. The minimum Gasteiger partial charge on any atom is -0.348 e. The highest BCUT2D eigenvalue weighted by Crippen LogP contribution is 2.18. The van der Waals surface area contributed by atoms with E-state index in [0.717, 1.165) is 0 Å². The Balaban J connectivity index is 3.06. The summed E-state index contributed by atoms with van der Waals surface area (Å²) in [7, 11) is 0. The molecule has 1 N–H and O–H groups in total. The van der Waals surface area contributed by atoms with Crippen molar-refractivity contribution in [3.63, 3.8) is 0 Å². The lowest BCUT2D eigenvalue weighted by atomic mass is 10.1. The summed E-state index contributed by atoms with van der Waals surface area (Å²) in [5.41, 5.74) is -0.315. The summed E-state index contributed by atoms with van der Waals surface area (Å²) in [5, 5.41) is 2.18. The zero-order chi connectivity index (χ0) is 13.2. The first-order valence-electron chi connectivity index (χ1n) is 4.60. The Morgan fingerprint density at radius 1 is 1.24 bits per heavy atom. The van der Waals surface area contributed by atoms with Crippen molar-refractivity contribution in [1.29, 1.82) is 0 Å². The molecule has 92 valence electrons. The molecule has 0 fully saturated rings. The van der Waals surface area contributed by atoms with E-state index in [1.165, 1.54) is 0 Å². The van der Waals surface area contributed by atoms with Crippen molar-refractivity contribution in [2.45, 2.75) is 6.92 Å². The number of amides is 1. The molecule has 0 atom stereocenters. The fraction of sp³-hybridized carbons (Fsp3) is 0.182. The van der Waals surface area contributed by atoms with Crippen molar-refractivity contribution >= 4 is 5.91 Å². The second kappa shape index (κ2) is 4.99. The van der Waals surface area contributed by atoms with Gasteiger partial charge in [0.05, 0.1) is 5.56 Å². The van der Waals surface area contributed by atoms with Gasteiger partial charge in [0, 0.05) is 6.54 Å². The van der Waals surface area contributed by atoms with Crippen LogP contribution in [0.2, 0.25) is 0 Å². The molecule has 0 heterocycles. The molecule has 1 amide bonds. The first kappa shape index (κ1) is 13.2. The number of benzene rings is 1. The number of nitrogens with one attached hydrogen (secondary N) is 1. The van der Waals surface area contributed by atoms with E-state index in [9.17, 15) is 22.4 Å². The predicted molar refractivity (Wildman–Crippen MR) is 53.4 cm³/mol. The molecule has 0 aromatic heterocycles. The lowest BCUT2D eigenvalue weighted by molar-refractivity contribution is 0.0951. The highest BCUT2D eigenvalue weighted by Gasteiger charge is 2.22. The van der Waals surface area contributed by atoms with E-state index in [-0.39, 0.29) is 6.54 Å². The summed E-state index contributed by atoms with van der Waals surface area (Å²) in [6, 6.07) is 0.307. The van der Waals surface area contributed by atoms with Gasteiger partial charge in [-0.3, -0.25) is 4.79 Å². The van der Waals surface area contributed by atoms with Gasteiger partial charge in [0.25, 0.3) is 5.91 Å². The van der Waals surface area contributed by atoms with Gasteiger partial charge in [-0.1, -0.05) is 12.2 Å². The van der Waals surface area contributed by atoms with E-state index in [4.69, 9.17) is 0 Å². The number of halogens is 4. The number of carbonyl (C=O) groups is 1. The van der Waals surface area contributed by atoms with Gasteiger partial charge in [0.1, 0.15) is 0 Å². The van der Waals surface area contributed by atoms with Crippen LogP contribution < -0.4 is 5.32 Å². The number of hydrogen-bond acceptors (Lipinski definition) is 1. The Kier molecular flexibility index (Phi) is 3.88. The molecule has 0 saturated heterocycles. The Labute approximate surface area is 94.9 Å². The molecule has 1 aromatic rings. The lowest BCUT2D eigenvalue weighted by Gasteiger charge is -2.07. The van der Waals surface area contributed by atoms with E-state index in [2.05, 4.69) is 11.9 Å². The zero-order valence-corrected chi connectivity index (χ0v) is 8.91. The molecule has 0 spiro atoms. The summed E-state index contributed by atoms with van der Waals surface area (Å²) in [4.78, 5) is 11.3. The second-order valence-electron chi connectivity index (χ2n) is 3.49. The largest absolute Gasteiger partial charge is 0.348 e. The van der Waals surface area contributed by atoms with Gasteiger partial charge < -0.3 is 5.32 Å². The van der Waals surface area contributed by atoms with Gasteiger partial charge in [0.15, 0.2) is 23.3 Å². The Morgan fingerprint density at radius 2 is 1.82 bits per heavy atom. The molecule has 0 aliphatic rings. The van der Waals surface area contributed by atoms with E-state index in [1.54, 1.807) is 6.92 Å². The minimum atomic E-state index is -2.01. The SMILES string of the molecule is C=C(C)CNC(=O)c1cc(F)c(F)c(F)c1F. The van der Waals surface area contributed by atoms with Crippen molar-refractivity contribution < 1.29 is 22.4 Å². The third-order valence-electron chi connectivity index (χ3n) is 1.90. The number of carbonyl (C=O) groups excluding carboxylic acids is 1. The summed E-state index contributed by atoms with van der Waals surface area (Å²) < 4.78 is 51.4. The Hall–Kier alpha value is -1.85. The molecule has 0 radical (unpaired) electrons. The summed E-state index contributed by atoms with van der Waals surface area (Å²) in [6.07, 6.45) is 0. The smallest absolute Gasteiger partial charge is 0.254 e. The third kappa shape index (κ3) is 2.83. The van der Waals surface area contributed by atoms with Crippen LogP contribution in [0.1, 0.15) is 17.3 Å². The van der Waals surface area contributed by atoms with E-state index in [1.807, 2.05) is 0 Å². The maximum Gasteiger partial charge on any atom is 0.254 e. The van der Waals surface area contributed by atoms with Crippen molar-refractivity contribution in [1.82, 2.24) is 5.32 Å². The first-order chi connectivity index (χ1) is 7.84. The highest BCUT2D eigenvalue weighted by molar-refractivity contribution is 5.94. The van der Waals surface area contributed by atoms with Crippen LogP contribution in [0.3, 0.4) is 0 Å². The maximum absolute atomic E-state index is 13.2. The van der Waals surface area contributed by atoms with Crippen molar-refractivity contribution in [3.05, 3.63) is 47.1 Å². The number of hydrogen-bond donors (Lipinski definition) is 1. The molecule has 1 aromatic carbocycles. The van der Waals surface area contributed by atoms with E-state index >= 15 is 0 Å². The van der Waals surface area contributed by atoms with Crippen LogP contribution in [-0.2, 0) is 0 Å². The van der Waals surface area contributed by atoms with Gasteiger partial charge in [-0.15, -0.1) is 0 Å². The molecular formula is C11H9F4NO. The van der Waals surface area contributed by atoms with Crippen LogP contribution in [0, 0.1) is 23.3 Å². The summed E-state index contributed by atoms with van der Waals surface area (Å²) >= 11 is 0. The van der Waals surface area contributed by atoms with Gasteiger partial charge in [-0.25, -0.2) is 17.6 Å². The molecule has 0 bridgehead atoms. The van der Waals surface area contributed by atoms with E-state index in [0.29, 0.717) is 11.6 Å². The average molecular weight is 247 g/mol. The molecule has 0 unspecified atom stereocenters. The first-order valence-corrected chi connectivity index (χ1v) is 4.60. The average Bonchev–Trinajstić information content (AvgIpc) is 2.28. The van der Waals surface area contributed by atoms with Crippen molar-refractivity contribution in [2.24, 2.45) is 0 Å². The maximum atomic E-state index is 13.2. The van der Waals surface area contributed by atoms with Gasteiger partial charge in [-0.2, -0.15) is 0 Å². The van der Waals surface area contributed by atoms with Crippen molar-refractivity contribution in [3.8, 4) is 0 Å². The van der Waals surface area contributed by atoms with Gasteiger partial charge in [-0.05, 0) is 13.0 Å². The molecule has 0 saturated carbocycles. The summed E-state index contributed by atoms with van der Waals surface area (Å²) in [5.74, 6) is -8.33. The molecule has 6 heteroatoms. The molecule has 0 aliphatic carbocycles. The lowest BCUT2D eigenvalue weighted by Crippen LogP contribution is -2.26. The standard InChI is InChI=1S/C11H9F4NO/c1-5(2)4-16-11(17)6-3-7(12)9(14)10(15)8(6)13/h3H,1,4H2,2H3,(H,16,17). The van der Waals surface area contributed by atoms with Crippen LogP contribution in [0.4, 0.5) is 17.6 Å². The number of rotatable bonds is 3. The molecule has 2 nitrogen and oxygen atoms in total. The molecular weight excluding hydrogens is 238 g/mol. The minimum absolute atomic E-state index is 0.0267. The topological polar surface area (TPSA) is 29.1 Å². The quantitative estimate of drug-likeness (QED) is 0.378. The molecule has 17 heavy (non-hydrogen) atoms. The van der Waals surface area contributed by atoms with Gasteiger partial charge >= 0.3 is 0 Å². The fourth-order valence-corrected chi connectivity index (χ4v) is 1.06. The predicted octanol–water partition coefficient (Wildman–Crippen LogP) is 2.55. The molecule has 0 aliphatic heterocycles. The van der Waals surface area contributed by atoms with Crippen LogP contribution in [0.15, 0.2) is 18.2 Å². The normalized spacial score (nSPS) is 10.2. The Morgan fingerprint density at radius 3 is 2.35 bits per heavy atom. The van der Waals surface area contributed by atoms with Crippen LogP contribution in [0.25, 0.3) is 0 Å². The second-order valence-corrected chi connectivity index (χ2v) is 3.49. The van der Waals surface area contributed by atoms with Crippen molar-refractivity contribution in [2.75, 3.05) is 6.54 Å². The third-order valence-corrected chi connectivity index (χ3v) is 1.90. The molecule has 1 rings (SSSR count). The highest BCUT2D eigenvalue weighted by atomic mass is 19.2. The fourth-order valence-electron chi connectivity index (χ4n) is 1.06. The van der Waals surface area contributed by atoms with Crippen LogP contribution in [0.5, 0.6) is 0 Å². The van der Waals surface area contributed by atoms with Crippen LogP contribution in [-0.4, -0.2) is 12.5 Å². The van der Waals surface area contributed by atoms with Crippen LogP contribution >= 0.6 is 0 Å². The monoisotopic (exact) mass is 247 g/mol. The van der Waals surface area contributed by atoms with Gasteiger partial charge in [0.2, 0.25) is 0 Å². The zero-order valence-electron chi connectivity index (χ0n) is 8.91. The van der Waals surface area contributed by atoms with E-state index < -0.39 is 34.7 Å². The Bertz CT molecular complexity index is 485.